The molecular formula is C4H9S2. The van der Waals surface area contributed by atoms with E-state index in [0.717, 1.165) is 6.42 Å². The van der Waals surface area contributed by atoms with Crippen LogP contribution in [-0.2, 0) is 0 Å². The molecule has 0 saturated carbocycles. The fraction of sp³-hybridized carbons (Fsp3) is 0.750. The van der Waals surface area contributed by atoms with Crippen LogP contribution in [0.5, 0.6) is 0 Å². The highest BCUT2D eigenvalue weighted by Crippen LogP contribution is 2.05. The average molecular weight is 121 g/mol. The van der Waals surface area contributed by atoms with E-state index in [1.165, 1.54) is 0 Å². The second-order valence-corrected chi connectivity index (χ2v) is 2.09. The third-order valence-corrected chi connectivity index (χ3v) is 1.70. The Morgan fingerprint density at radius 2 is 2.33 bits per heavy atom. The molecule has 0 N–H and O–H groups in total. The Kier molecular flexibility index (Phi) is 4.33. The van der Waals surface area contributed by atoms with Crippen LogP contribution >= 0.6 is 25.3 Å². The molecule has 37 valence electrons. The maximum absolute atomic E-state index is 4.10. The molecule has 6 heavy (non-hydrogen) atoms. The fourth-order valence-corrected chi connectivity index (χ4v) is 0.316. The van der Waals surface area contributed by atoms with Gasteiger partial charge in [0.2, 0.25) is 0 Å². The van der Waals surface area contributed by atoms with Gasteiger partial charge in [0.05, 0.1) is 0 Å². The monoisotopic (exact) mass is 121 g/mol. The molecule has 0 nitrogen and oxygen atoms in total. The first-order valence-electron chi connectivity index (χ1n) is 1.97. The molecule has 0 aromatic heterocycles. The zero-order valence-electron chi connectivity index (χ0n) is 3.76. The lowest BCUT2D eigenvalue weighted by Crippen LogP contribution is -1.89. The lowest BCUT2D eigenvalue weighted by Gasteiger charge is -1.96. The molecule has 2 heteroatoms. The molecule has 0 rings (SSSR count). The first kappa shape index (κ1) is 6.70. The molecule has 1 unspecified atom stereocenters. The highest BCUT2D eigenvalue weighted by molar-refractivity contribution is 7.86. The summed E-state index contributed by atoms with van der Waals surface area (Å²) in [6.07, 6.45) is 1.06. The quantitative estimate of drug-likeness (QED) is 0.511. The number of rotatable bonds is 2. The SMILES string of the molecule is CCC(S)[CH]S. The van der Waals surface area contributed by atoms with Gasteiger partial charge in [0.1, 0.15) is 0 Å². The Labute approximate surface area is 50.1 Å². The molecule has 0 aliphatic rings. The Morgan fingerprint density at radius 3 is 2.33 bits per heavy atom. The normalized spacial score (nSPS) is 14.5. The Morgan fingerprint density at radius 1 is 1.83 bits per heavy atom. The lowest BCUT2D eigenvalue weighted by molar-refractivity contribution is 0.972. The number of thiol groups is 2. The highest BCUT2D eigenvalue weighted by Gasteiger charge is 1.91. The summed E-state index contributed by atoms with van der Waals surface area (Å²) in [4.78, 5) is 0. The van der Waals surface area contributed by atoms with Gasteiger partial charge >= 0.3 is 0 Å². The van der Waals surface area contributed by atoms with Gasteiger partial charge in [-0.2, -0.15) is 25.3 Å². The van der Waals surface area contributed by atoms with E-state index in [2.05, 4.69) is 32.2 Å². The van der Waals surface area contributed by atoms with Crippen LogP contribution in [0.3, 0.4) is 0 Å². The molecule has 0 bridgehead atoms. The first-order chi connectivity index (χ1) is 2.81. The van der Waals surface area contributed by atoms with Crippen molar-refractivity contribution in [1.29, 1.82) is 0 Å². The van der Waals surface area contributed by atoms with Crippen molar-refractivity contribution >= 4 is 25.3 Å². The number of hydrogen-bond acceptors (Lipinski definition) is 2. The zero-order chi connectivity index (χ0) is 4.99. The minimum atomic E-state index is 0.369. The molecular weight excluding hydrogens is 112 g/mol. The Hall–Kier alpha value is 0.700. The number of hydrogen-bond donors (Lipinski definition) is 2. The smallest absolute Gasteiger partial charge is 0.0260 e. The van der Waals surface area contributed by atoms with Crippen molar-refractivity contribution in [1.82, 2.24) is 0 Å². The van der Waals surface area contributed by atoms with Crippen molar-refractivity contribution in [3.05, 3.63) is 5.75 Å². The maximum Gasteiger partial charge on any atom is 0.0260 e. The van der Waals surface area contributed by atoms with Crippen LogP contribution < -0.4 is 0 Å². The van der Waals surface area contributed by atoms with Crippen molar-refractivity contribution in [3.8, 4) is 0 Å². The summed E-state index contributed by atoms with van der Waals surface area (Å²) in [5.74, 6) is 1.78. The van der Waals surface area contributed by atoms with Crippen molar-refractivity contribution in [2.24, 2.45) is 0 Å². The fourth-order valence-electron chi connectivity index (χ4n) is 0.105. The van der Waals surface area contributed by atoms with Gasteiger partial charge in [-0.1, -0.05) is 6.92 Å². The van der Waals surface area contributed by atoms with Crippen molar-refractivity contribution in [3.63, 3.8) is 0 Å². The molecule has 0 fully saturated rings. The highest BCUT2D eigenvalue weighted by atomic mass is 32.1. The zero-order valence-corrected chi connectivity index (χ0v) is 5.55. The summed E-state index contributed by atoms with van der Waals surface area (Å²) in [5.41, 5.74) is 0. The first-order valence-corrected chi connectivity index (χ1v) is 3.00. The van der Waals surface area contributed by atoms with Crippen LogP contribution in [0.15, 0.2) is 0 Å². The third-order valence-electron chi connectivity index (χ3n) is 0.590. The lowest BCUT2D eigenvalue weighted by atomic mass is 10.4. The summed E-state index contributed by atoms with van der Waals surface area (Å²) >= 11 is 7.99. The predicted octanol–water partition coefficient (Wildman–Crippen LogP) is 1.79. The van der Waals surface area contributed by atoms with E-state index in [1.807, 2.05) is 0 Å². The predicted molar refractivity (Wildman–Crippen MR) is 36.4 cm³/mol. The Balaban J connectivity index is 2.75. The van der Waals surface area contributed by atoms with Crippen LogP contribution in [0.4, 0.5) is 0 Å². The summed E-state index contributed by atoms with van der Waals surface area (Å²) in [6.45, 7) is 2.07. The standard InChI is InChI=1S/C4H9S2/c1-2-4(6)3-5/h3-6H,2H2,1H3. The van der Waals surface area contributed by atoms with E-state index < -0.39 is 0 Å². The van der Waals surface area contributed by atoms with E-state index in [4.69, 9.17) is 0 Å². The van der Waals surface area contributed by atoms with E-state index in [-0.39, 0.29) is 0 Å². The average Bonchev–Trinajstić information content (AvgIpc) is 1.65. The molecule has 0 aliphatic carbocycles. The van der Waals surface area contributed by atoms with Crippen LogP contribution in [-0.4, -0.2) is 5.25 Å². The maximum atomic E-state index is 4.10. The van der Waals surface area contributed by atoms with Crippen molar-refractivity contribution < 1.29 is 0 Å². The molecule has 0 spiro atoms. The van der Waals surface area contributed by atoms with E-state index >= 15 is 0 Å². The third kappa shape index (κ3) is 2.91. The van der Waals surface area contributed by atoms with E-state index in [0.29, 0.717) is 5.25 Å². The molecule has 0 aromatic rings. The van der Waals surface area contributed by atoms with Crippen LogP contribution in [0.1, 0.15) is 13.3 Å². The largest absolute Gasteiger partial charge is 0.175 e. The van der Waals surface area contributed by atoms with E-state index in [1.54, 1.807) is 5.75 Å². The van der Waals surface area contributed by atoms with Gasteiger partial charge in [-0.25, -0.2) is 0 Å². The van der Waals surface area contributed by atoms with Gasteiger partial charge in [0, 0.05) is 11.0 Å². The minimum absolute atomic E-state index is 0.369. The molecule has 1 atom stereocenters. The van der Waals surface area contributed by atoms with Gasteiger partial charge in [0.25, 0.3) is 0 Å². The summed E-state index contributed by atoms with van der Waals surface area (Å²) in [5, 5.41) is 0.369. The van der Waals surface area contributed by atoms with Gasteiger partial charge in [0.15, 0.2) is 0 Å². The van der Waals surface area contributed by atoms with Crippen LogP contribution in [0, 0.1) is 5.75 Å². The molecule has 0 aliphatic heterocycles. The van der Waals surface area contributed by atoms with Gasteiger partial charge < -0.3 is 0 Å². The van der Waals surface area contributed by atoms with E-state index in [9.17, 15) is 0 Å². The minimum Gasteiger partial charge on any atom is -0.175 e. The topological polar surface area (TPSA) is 0 Å². The Bertz CT molecular complexity index is 24.7. The van der Waals surface area contributed by atoms with Crippen molar-refractivity contribution in [2.45, 2.75) is 18.6 Å². The van der Waals surface area contributed by atoms with Crippen LogP contribution in [0.25, 0.3) is 0 Å². The van der Waals surface area contributed by atoms with Gasteiger partial charge in [-0.3, -0.25) is 0 Å². The van der Waals surface area contributed by atoms with Gasteiger partial charge in [-0.15, -0.1) is 0 Å². The summed E-state index contributed by atoms with van der Waals surface area (Å²) in [6, 6.07) is 0. The molecule has 0 amide bonds. The molecule has 0 saturated heterocycles. The second kappa shape index (κ2) is 3.88. The molecule has 1 radical (unpaired) electrons. The second-order valence-electron chi connectivity index (χ2n) is 1.12. The summed E-state index contributed by atoms with van der Waals surface area (Å²) in [7, 11) is 0. The summed E-state index contributed by atoms with van der Waals surface area (Å²) < 4.78 is 0. The molecule has 0 heterocycles. The van der Waals surface area contributed by atoms with Gasteiger partial charge in [-0.05, 0) is 6.42 Å². The van der Waals surface area contributed by atoms with Crippen LogP contribution in [0.2, 0.25) is 0 Å². The molecule has 0 aromatic carbocycles. The van der Waals surface area contributed by atoms with Crippen molar-refractivity contribution in [2.75, 3.05) is 0 Å².